The molecule has 8 nitrogen and oxygen atoms in total. The molecule has 0 bridgehead atoms. The average Bonchev–Trinajstić information content (AvgIpc) is 3.23. The molecule has 2 aliphatic rings. The molecular formula is C27H29ClN6O2. The zero-order valence-corrected chi connectivity index (χ0v) is 21.1. The molecule has 3 N–H and O–H groups in total. The van der Waals surface area contributed by atoms with E-state index in [0.717, 1.165) is 42.7 Å². The van der Waals surface area contributed by atoms with Crippen molar-refractivity contribution < 1.29 is 9.84 Å². The Morgan fingerprint density at radius 2 is 2.08 bits per heavy atom. The number of nitrogens with one attached hydrogen (secondary N) is 2. The molecule has 36 heavy (non-hydrogen) atoms. The number of likely N-dealkylation sites (tertiary alicyclic amines) is 1. The van der Waals surface area contributed by atoms with E-state index in [-0.39, 0.29) is 12.7 Å². The summed E-state index contributed by atoms with van der Waals surface area (Å²) < 4.78 is 6.32. The Labute approximate surface area is 215 Å². The molecule has 0 radical (unpaired) electrons. The van der Waals surface area contributed by atoms with Gasteiger partial charge in [-0.25, -0.2) is 9.97 Å². The van der Waals surface area contributed by atoms with Crippen LogP contribution in [0.5, 0.6) is 5.75 Å². The van der Waals surface area contributed by atoms with Crippen molar-refractivity contribution in [1.82, 2.24) is 14.9 Å². The van der Waals surface area contributed by atoms with Gasteiger partial charge in [0.1, 0.15) is 17.9 Å². The van der Waals surface area contributed by atoms with E-state index in [2.05, 4.69) is 33.6 Å². The summed E-state index contributed by atoms with van der Waals surface area (Å²) in [6.07, 6.45) is 3.74. The highest BCUT2D eigenvalue weighted by atomic mass is 35.5. The number of aromatic nitrogens is 2. The van der Waals surface area contributed by atoms with Crippen LogP contribution in [0.25, 0.3) is 11.3 Å². The number of halogens is 1. The highest BCUT2D eigenvalue weighted by molar-refractivity contribution is 6.31. The van der Waals surface area contributed by atoms with Crippen LogP contribution >= 0.6 is 11.6 Å². The third-order valence-corrected chi connectivity index (χ3v) is 7.25. The number of nitrogens with zero attached hydrogens (tertiary/aromatic N) is 4. The Balaban J connectivity index is 1.44. The molecule has 2 aromatic carbocycles. The molecule has 9 heteroatoms. The molecule has 0 spiro atoms. The van der Waals surface area contributed by atoms with E-state index in [1.165, 1.54) is 0 Å². The molecule has 3 aromatic rings. The van der Waals surface area contributed by atoms with Gasteiger partial charge >= 0.3 is 0 Å². The van der Waals surface area contributed by atoms with Gasteiger partial charge in [0.15, 0.2) is 0 Å². The van der Waals surface area contributed by atoms with Crippen LogP contribution in [0.15, 0.2) is 42.6 Å². The van der Waals surface area contributed by atoms with Gasteiger partial charge in [0, 0.05) is 41.8 Å². The minimum absolute atomic E-state index is 0.0211. The minimum atomic E-state index is -0.466. The van der Waals surface area contributed by atoms with Gasteiger partial charge in [-0.15, -0.1) is 0 Å². The molecule has 0 amide bonds. The fourth-order valence-corrected chi connectivity index (χ4v) is 4.92. The van der Waals surface area contributed by atoms with Gasteiger partial charge in [-0.3, -0.25) is 0 Å². The standard InChI is InChI=1S/C27H29ClN6O2/c1-27(16-35)15-31-25-18(14-29)11-17(12-21(25)27)22-5-8-30-26(32-22)33-23-13-19(28)3-4-24(23)36-20-6-9-34(2)10-7-20/h3-5,8,11-13,20,31,35H,6-7,9-10,15-16H2,1-2H3,(H,30,32,33). The summed E-state index contributed by atoms with van der Waals surface area (Å²) in [7, 11) is 2.12. The van der Waals surface area contributed by atoms with E-state index >= 15 is 0 Å². The normalized spacial score (nSPS) is 19.9. The average molecular weight is 505 g/mol. The van der Waals surface area contributed by atoms with Gasteiger partial charge in [0.05, 0.1) is 29.2 Å². The predicted molar refractivity (Wildman–Crippen MR) is 141 cm³/mol. The number of fused-ring (bicyclic) bond motifs is 1. The predicted octanol–water partition coefficient (Wildman–Crippen LogP) is 4.56. The quantitative estimate of drug-likeness (QED) is 0.448. The lowest BCUT2D eigenvalue weighted by atomic mass is 9.83. The molecule has 5 rings (SSSR count). The Kier molecular flexibility index (Phi) is 6.71. The molecule has 3 heterocycles. The Morgan fingerprint density at radius 1 is 1.28 bits per heavy atom. The van der Waals surface area contributed by atoms with Crippen LogP contribution in [-0.4, -0.2) is 59.4 Å². The number of aliphatic hydroxyl groups excluding tert-OH is 1. The van der Waals surface area contributed by atoms with E-state index in [9.17, 15) is 10.4 Å². The number of anilines is 3. The van der Waals surface area contributed by atoms with Gasteiger partial charge in [-0.1, -0.05) is 18.5 Å². The number of benzene rings is 2. The van der Waals surface area contributed by atoms with E-state index in [4.69, 9.17) is 21.3 Å². The van der Waals surface area contributed by atoms with Crippen LogP contribution in [0.4, 0.5) is 17.3 Å². The molecule has 1 fully saturated rings. The van der Waals surface area contributed by atoms with Crippen molar-refractivity contribution in [2.75, 3.05) is 43.9 Å². The monoisotopic (exact) mass is 504 g/mol. The lowest BCUT2D eigenvalue weighted by Gasteiger charge is -2.30. The largest absolute Gasteiger partial charge is 0.488 e. The molecule has 1 atom stereocenters. The minimum Gasteiger partial charge on any atom is -0.488 e. The van der Waals surface area contributed by atoms with Crippen LogP contribution in [0.3, 0.4) is 0 Å². The summed E-state index contributed by atoms with van der Waals surface area (Å²) in [5, 5.41) is 26.9. The molecule has 1 saturated heterocycles. The maximum absolute atomic E-state index is 10.0. The molecule has 1 aromatic heterocycles. The van der Waals surface area contributed by atoms with Crippen LogP contribution in [-0.2, 0) is 5.41 Å². The van der Waals surface area contributed by atoms with Crippen molar-refractivity contribution in [2.45, 2.75) is 31.3 Å². The lowest BCUT2D eigenvalue weighted by molar-refractivity contribution is 0.115. The first-order valence-electron chi connectivity index (χ1n) is 12.1. The first-order valence-corrected chi connectivity index (χ1v) is 12.4. The van der Waals surface area contributed by atoms with Crippen LogP contribution in [0, 0.1) is 11.3 Å². The lowest BCUT2D eigenvalue weighted by Crippen LogP contribution is -2.35. The number of aliphatic hydroxyl groups is 1. The van der Waals surface area contributed by atoms with Gasteiger partial charge in [0.2, 0.25) is 5.95 Å². The third-order valence-electron chi connectivity index (χ3n) is 7.01. The second-order valence-electron chi connectivity index (χ2n) is 9.78. The van der Waals surface area contributed by atoms with E-state index < -0.39 is 5.41 Å². The first kappa shape index (κ1) is 24.3. The molecule has 1 unspecified atom stereocenters. The molecule has 2 aliphatic heterocycles. The van der Waals surface area contributed by atoms with Crippen molar-refractivity contribution in [3.8, 4) is 23.1 Å². The zero-order chi connectivity index (χ0) is 25.3. The zero-order valence-electron chi connectivity index (χ0n) is 20.4. The number of hydrogen-bond acceptors (Lipinski definition) is 8. The number of piperidine rings is 1. The topological polar surface area (TPSA) is 106 Å². The fraction of sp³-hybridized carbons (Fsp3) is 0.370. The molecular weight excluding hydrogens is 476 g/mol. The maximum atomic E-state index is 10.0. The van der Waals surface area contributed by atoms with Crippen molar-refractivity contribution in [2.24, 2.45) is 0 Å². The van der Waals surface area contributed by atoms with Gasteiger partial charge in [0.25, 0.3) is 0 Å². The fourth-order valence-electron chi connectivity index (χ4n) is 4.75. The van der Waals surface area contributed by atoms with Crippen molar-refractivity contribution >= 4 is 28.9 Å². The second-order valence-corrected chi connectivity index (χ2v) is 10.2. The van der Waals surface area contributed by atoms with Crippen molar-refractivity contribution in [3.05, 3.63) is 58.7 Å². The summed E-state index contributed by atoms with van der Waals surface area (Å²) in [5.74, 6) is 1.10. The van der Waals surface area contributed by atoms with E-state index in [0.29, 0.717) is 40.2 Å². The summed E-state index contributed by atoms with van der Waals surface area (Å²) in [5.41, 5.74) is 3.90. The summed E-state index contributed by atoms with van der Waals surface area (Å²) in [6, 6.07) is 13.4. The summed E-state index contributed by atoms with van der Waals surface area (Å²) >= 11 is 6.30. The van der Waals surface area contributed by atoms with E-state index in [1.807, 2.05) is 37.3 Å². The molecule has 0 saturated carbocycles. The van der Waals surface area contributed by atoms with Crippen LogP contribution in [0.1, 0.15) is 30.9 Å². The summed E-state index contributed by atoms with van der Waals surface area (Å²) in [4.78, 5) is 11.4. The van der Waals surface area contributed by atoms with Gasteiger partial charge < -0.3 is 25.4 Å². The van der Waals surface area contributed by atoms with Gasteiger partial charge in [-0.2, -0.15) is 5.26 Å². The Hall–Kier alpha value is -3.38. The third kappa shape index (κ3) is 4.82. The number of nitriles is 1. The van der Waals surface area contributed by atoms with Gasteiger partial charge in [-0.05, 0) is 61.9 Å². The SMILES string of the molecule is CN1CCC(Oc2ccc(Cl)cc2Nc2nccc(-c3cc(C#N)c4c(c3)C(C)(CO)CN4)n2)CC1. The second kappa shape index (κ2) is 9.94. The summed E-state index contributed by atoms with van der Waals surface area (Å²) in [6.45, 7) is 4.54. The van der Waals surface area contributed by atoms with E-state index in [1.54, 1.807) is 12.3 Å². The highest BCUT2D eigenvalue weighted by Gasteiger charge is 2.36. The van der Waals surface area contributed by atoms with Crippen LogP contribution < -0.4 is 15.4 Å². The Bertz CT molecular complexity index is 1320. The first-order chi connectivity index (χ1) is 17.4. The van der Waals surface area contributed by atoms with Crippen molar-refractivity contribution in [3.63, 3.8) is 0 Å². The Morgan fingerprint density at radius 3 is 2.83 bits per heavy atom. The highest BCUT2D eigenvalue weighted by Crippen LogP contribution is 2.41. The number of hydrogen-bond donors (Lipinski definition) is 3. The molecule has 0 aliphatic carbocycles. The molecule has 186 valence electrons. The smallest absolute Gasteiger partial charge is 0.227 e. The maximum Gasteiger partial charge on any atom is 0.227 e. The van der Waals surface area contributed by atoms with Crippen molar-refractivity contribution in [1.29, 1.82) is 5.26 Å². The van der Waals surface area contributed by atoms with Crippen LogP contribution in [0.2, 0.25) is 5.02 Å². The number of ether oxygens (including phenoxy) is 1. The number of rotatable bonds is 6.